The first kappa shape index (κ1) is 12.4. The molecule has 0 aromatic heterocycles. The molecule has 0 saturated heterocycles. The van der Waals surface area contributed by atoms with Gasteiger partial charge in [0, 0.05) is 5.92 Å². The minimum atomic E-state index is -0.992. The van der Waals surface area contributed by atoms with Gasteiger partial charge in [-0.2, -0.15) is 0 Å². The summed E-state index contributed by atoms with van der Waals surface area (Å²) < 4.78 is 0. The van der Waals surface area contributed by atoms with Crippen molar-refractivity contribution in [2.45, 2.75) is 32.5 Å². The first-order valence-electron chi connectivity index (χ1n) is 4.15. The second-order valence-electron chi connectivity index (χ2n) is 3.79. The van der Waals surface area contributed by atoms with Crippen molar-refractivity contribution in [3.63, 3.8) is 0 Å². The van der Waals surface area contributed by atoms with Crippen LogP contribution >= 0.6 is 0 Å². The largest absolute Gasteiger partial charge is 0.390 e. The second kappa shape index (κ2) is 4.56. The highest BCUT2D eigenvalue weighted by Gasteiger charge is 2.33. The van der Waals surface area contributed by atoms with Gasteiger partial charge in [-0.25, -0.2) is 4.89 Å². The van der Waals surface area contributed by atoms with Gasteiger partial charge >= 0.3 is 0 Å². The zero-order valence-corrected chi connectivity index (χ0v) is 8.45. The van der Waals surface area contributed by atoms with E-state index < -0.39 is 11.7 Å². The standard InChI is InChI=1S/C10H18O3/c1-6-8(10(4,5)11)9(13-12)7(2)3/h6,8-9,11-12H,1-2H2,3-5H3/t8-,9+/m0/s1. The molecule has 0 heterocycles. The fourth-order valence-electron chi connectivity index (χ4n) is 1.24. The van der Waals surface area contributed by atoms with Crippen LogP contribution < -0.4 is 0 Å². The molecule has 0 unspecified atom stereocenters. The first-order valence-corrected chi connectivity index (χ1v) is 4.15. The summed E-state index contributed by atoms with van der Waals surface area (Å²) in [7, 11) is 0. The molecule has 0 aromatic rings. The topological polar surface area (TPSA) is 49.7 Å². The molecule has 0 rings (SSSR count). The van der Waals surface area contributed by atoms with Crippen LogP contribution in [0.5, 0.6) is 0 Å². The van der Waals surface area contributed by atoms with Crippen LogP contribution in [0.4, 0.5) is 0 Å². The molecule has 0 aliphatic heterocycles. The molecule has 3 nitrogen and oxygen atoms in total. The molecule has 0 saturated carbocycles. The summed E-state index contributed by atoms with van der Waals surface area (Å²) in [5.74, 6) is -0.380. The van der Waals surface area contributed by atoms with E-state index in [1.165, 1.54) is 0 Å². The summed E-state index contributed by atoms with van der Waals surface area (Å²) in [6.45, 7) is 12.2. The Morgan fingerprint density at radius 1 is 1.54 bits per heavy atom. The summed E-state index contributed by atoms with van der Waals surface area (Å²) >= 11 is 0. The van der Waals surface area contributed by atoms with Crippen molar-refractivity contribution in [1.29, 1.82) is 0 Å². The molecule has 0 fully saturated rings. The Bertz CT molecular complexity index is 191. The summed E-state index contributed by atoms with van der Waals surface area (Å²) in [6, 6.07) is 0. The van der Waals surface area contributed by atoms with Crippen molar-refractivity contribution in [2.75, 3.05) is 0 Å². The molecular weight excluding hydrogens is 168 g/mol. The Kier molecular flexibility index (Phi) is 4.33. The van der Waals surface area contributed by atoms with Gasteiger partial charge in [-0.1, -0.05) is 12.7 Å². The van der Waals surface area contributed by atoms with Crippen LogP contribution in [-0.4, -0.2) is 22.1 Å². The lowest BCUT2D eigenvalue weighted by Gasteiger charge is -2.31. The molecule has 0 spiro atoms. The van der Waals surface area contributed by atoms with Crippen molar-refractivity contribution in [3.8, 4) is 0 Å². The lowest BCUT2D eigenvalue weighted by molar-refractivity contribution is -0.285. The molecule has 76 valence electrons. The van der Waals surface area contributed by atoms with Crippen molar-refractivity contribution in [3.05, 3.63) is 24.8 Å². The van der Waals surface area contributed by atoms with Gasteiger partial charge in [0.05, 0.1) is 5.60 Å². The van der Waals surface area contributed by atoms with Crippen LogP contribution in [0.25, 0.3) is 0 Å². The molecule has 2 N–H and O–H groups in total. The Hall–Kier alpha value is -0.640. The van der Waals surface area contributed by atoms with E-state index in [1.54, 1.807) is 26.8 Å². The van der Waals surface area contributed by atoms with Crippen LogP contribution in [-0.2, 0) is 4.89 Å². The highest BCUT2D eigenvalue weighted by Crippen LogP contribution is 2.26. The van der Waals surface area contributed by atoms with E-state index in [0.29, 0.717) is 5.57 Å². The molecule has 0 radical (unpaired) electrons. The van der Waals surface area contributed by atoms with Gasteiger partial charge in [-0.05, 0) is 26.3 Å². The summed E-state index contributed by atoms with van der Waals surface area (Å²) in [4.78, 5) is 4.26. The minimum absolute atomic E-state index is 0.380. The average Bonchev–Trinajstić information content (AvgIpc) is 1.96. The fourth-order valence-corrected chi connectivity index (χ4v) is 1.24. The predicted octanol–water partition coefficient (Wildman–Crippen LogP) is 1.99. The maximum absolute atomic E-state index is 9.72. The van der Waals surface area contributed by atoms with Gasteiger partial charge in [0.1, 0.15) is 6.10 Å². The van der Waals surface area contributed by atoms with E-state index in [-0.39, 0.29) is 5.92 Å². The summed E-state index contributed by atoms with van der Waals surface area (Å²) in [5, 5.41) is 18.4. The molecule has 13 heavy (non-hydrogen) atoms. The molecule has 3 heteroatoms. The summed E-state index contributed by atoms with van der Waals surface area (Å²) in [6.07, 6.45) is 0.938. The summed E-state index contributed by atoms with van der Waals surface area (Å²) in [5.41, 5.74) is -0.344. The average molecular weight is 186 g/mol. The molecule has 0 aliphatic carbocycles. The Morgan fingerprint density at radius 3 is 2.08 bits per heavy atom. The number of hydrogen-bond donors (Lipinski definition) is 2. The number of aliphatic hydroxyl groups is 1. The third kappa shape index (κ3) is 3.30. The monoisotopic (exact) mass is 186 g/mol. The molecule has 0 aliphatic rings. The predicted molar refractivity (Wildman–Crippen MR) is 52.3 cm³/mol. The van der Waals surface area contributed by atoms with E-state index in [4.69, 9.17) is 5.26 Å². The van der Waals surface area contributed by atoms with Crippen molar-refractivity contribution in [1.82, 2.24) is 0 Å². The van der Waals surface area contributed by atoms with Crippen LogP contribution in [0.15, 0.2) is 24.8 Å². The van der Waals surface area contributed by atoms with Crippen molar-refractivity contribution in [2.24, 2.45) is 5.92 Å². The Labute approximate surface area is 79.3 Å². The first-order chi connectivity index (χ1) is 5.84. The third-order valence-corrected chi connectivity index (χ3v) is 2.00. The van der Waals surface area contributed by atoms with Gasteiger partial charge in [-0.15, -0.1) is 6.58 Å². The van der Waals surface area contributed by atoms with Crippen LogP contribution in [0, 0.1) is 5.92 Å². The second-order valence-corrected chi connectivity index (χ2v) is 3.79. The lowest BCUT2D eigenvalue weighted by Crippen LogP contribution is -2.39. The fraction of sp³-hybridized carbons (Fsp3) is 0.600. The maximum atomic E-state index is 9.72. The molecule has 0 bridgehead atoms. The van der Waals surface area contributed by atoms with Crippen LogP contribution in [0.3, 0.4) is 0 Å². The number of rotatable bonds is 5. The van der Waals surface area contributed by atoms with Crippen LogP contribution in [0.2, 0.25) is 0 Å². The SMILES string of the molecule is C=C[C@@H]([C@H](OO)C(=C)C)C(C)(C)O. The zero-order valence-electron chi connectivity index (χ0n) is 8.45. The van der Waals surface area contributed by atoms with Gasteiger partial charge in [0.25, 0.3) is 0 Å². The van der Waals surface area contributed by atoms with Crippen molar-refractivity contribution >= 4 is 0 Å². The van der Waals surface area contributed by atoms with Gasteiger partial charge in [-0.3, -0.25) is 5.26 Å². The van der Waals surface area contributed by atoms with Gasteiger partial charge in [0.15, 0.2) is 0 Å². The zero-order chi connectivity index (χ0) is 10.6. The smallest absolute Gasteiger partial charge is 0.122 e. The number of hydrogen-bond acceptors (Lipinski definition) is 3. The van der Waals surface area contributed by atoms with Crippen molar-refractivity contribution < 1.29 is 15.3 Å². The third-order valence-electron chi connectivity index (χ3n) is 2.00. The minimum Gasteiger partial charge on any atom is -0.390 e. The molecule has 0 amide bonds. The highest BCUT2D eigenvalue weighted by molar-refractivity contribution is 5.08. The Morgan fingerprint density at radius 2 is 2.00 bits per heavy atom. The lowest BCUT2D eigenvalue weighted by atomic mass is 9.84. The molecule has 0 aromatic carbocycles. The van der Waals surface area contributed by atoms with Gasteiger partial charge < -0.3 is 5.11 Å². The Balaban J connectivity index is 4.73. The highest BCUT2D eigenvalue weighted by atomic mass is 17.1. The van der Waals surface area contributed by atoms with Crippen LogP contribution in [0.1, 0.15) is 20.8 Å². The normalized spacial score (nSPS) is 16.4. The molecule has 2 atom stereocenters. The maximum Gasteiger partial charge on any atom is 0.122 e. The van der Waals surface area contributed by atoms with E-state index in [1.807, 2.05) is 0 Å². The van der Waals surface area contributed by atoms with E-state index in [9.17, 15) is 5.11 Å². The van der Waals surface area contributed by atoms with E-state index in [2.05, 4.69) is 18.0 Å². The van der Waals surface area contributed by atoms with Gasteiger partial charge in [0.2, 0.25) is 0 Å². The van der Waals surface area contributed by atoms with E-state index >= 15 is 0 Å². The molecular formula is C10H18O3. The van der Waals surface area contributed by atoms with E-state index in [0.717, 1.165) is 0 Å². The quantitative estimate of drug-likeness (QED) is 0.392.